The molecule has 2 fully saturated rings. The molecular weight excluding hydrogens is 470 g/mol. The monoisotopic (exact) mass is 511 g/mol. The molecule has 1 aliphatic carbocycles. The highest BCUT2D eigenvalue weighted by atomic mass is 32.2. The molecule has 1 aromatic rings. The first-order chi connectivity index (χ1) is 16.4. The van der Waals surface area contributed by atoms with Crippen LogP contribution >= 0.6 is 23.1 Å². The Morgan fingerprint density at radius 3 is 2.91 bits per heavy atom. The maximum atomic E-state index is 11.0. The molecule has 0 bridgehead atoms. The zero-order chi connectivity index (χ0) is 24.4. The summed E-state index contributed by atoms with van der Waals surface area (Å²) in [5.74, 6) is 0.444. The normalized spacial score (nSPS) is 27.3. The van der Waals surface area contributed by atoms with Crippen LogP contribution in [0.25, 0.3) is 0 Å². The molecule has 192 valence electrons. The number of hydrogen-bond donors (Lipinski definition) is 2. The van der Waals surface area contributed by atoms with Crippen LogP contribution in [0.4, 0.5) is 0 Å². The Kier molecular flexibility index (Phi) is 11.4. The summed E-state index contributed by atoms with van der Waals surface area (Å²) >= 11 is 2.95. The lowest BCUT2D eigenvalue weighted by molar-refractivity contribution is -0.221. The number of aromatic nitrogens is 1. The molecule has 0 radical (unpaired) electrons. The van der Waals surface area contributed by atoms with E-state index in [1.807, 2.05) is 0 Å². The molecule has 1 saturated heterocycles. The first-order valence-electron chi connectivity index (χ1n) is 12.9. The number of aliphatic hydroxyl groups excluding tert-OH is 1. The number of rotatable bonds is 14. The number of thioether (sulfide) groups is 1. The molecule has 2 heterocycles. The number of carboxylic acids is 1. The minimum absolute atomic E-state index is 0.0839. The average molecular weight is 512 g/mol. The van der Waals surface area contributed by atoms with Crippen molar-refractivity contribution in [3.63, 3.8) is 0 Å². The Morgan fingerprint density at radius 2 is 2.21 bits per heavy atom. The summed E-state index contributed by atoms with van der Waals surface area (Å²) in [5.41, 5.74) is -0.111. The molecule has 2 aliphatic rings. The Bertz CT molecular complexity index is 779. The number of thiazole rings is 1. The van der Waals surface area contributed by atoms with Crippen molar-refractivity contribution < 1.29 is 24.5 Å². The summed E-state index contributed by atoms with van der Waals surface area (Å²) in [6.07, 6.45) is 15.7. The predicted molar refractivity (Wildman–Crippen MR) is 138 cm³/mol. The predicted octanol–water partition coefficient (Wildman–Crippen LogP) is 6.54. The fourth-order valence-electron chi connectivity index (χ4n) is 5.00. The summed E-state index contributed by atoms with van der Waals surface area (Å²) in [5, 5.41) is 21.2. The van der Waals surface area contributed by atoms with Crippen molar-refractivity contribution in [2.45, 2.75) is 107 Å². The van der Waals surface area contributed by atoms with Gasteiger partial charge in [0.1, 0.15) is 0 Å². The molecule has 0 aromatic carbocycles. The van der Waals surface area contributed by atoms with Crippen molar-refractivity contribution in [1.82, 2.24) is 4.98 Å². The summed E-state index contributed by atoms with van der Waals surface area (Å²) < 4.78 is 13.1. The minimum Gasteiger partial charge on any atom is -0.476 e. The number of nitrogens with zero attached hydrogens (tertiary/aromatic N) is 1. The molecule has 0 amide bonds. The van der Waals surface area contributed by atoms with Gasteiger partial charge in [-0.2, -0.15) is 0 Å². The first-order valence-corrected chi connectivity index (χ1v) is 14.7. The maximum absolute atomic E-state index is 11.0. The minimum atomic E-state index is -0.986. The number of ether oxygens (including phenoxy) is 2. The Morgan fingerprint density at radius 1 is 1.35 bits per heavy atom. The Balaban J connectivity index is 1.52. The number of aliphatic hydroxyl groups is 1. The summed E-state index contributed by atoms with van der Waals surface area (Å²) in [7, 11) is 0. The van der Waals surface area contributed by atoms with Gasteiger partial charge in [-0.3, -0.25) is 0 Å². The van der Waals surface area contributed by atoms with Gasteiger partial charge in [-0.25, -0.2) is 9.78 Å². The van der Waals surface area contributed by atoms with Crippen LogP contribution in [0.3, 0.4) is 0 Å². The molecule has 1 saturated carbocycles. The number of aromatic carboxylic acids is 1. The average Bonchev–Trinajstić information content (AvgIpc) is 3.42. The molecule has 3 rings (SSSR count). The largest absolute Gasteiger partial charge is 0.476 e. The zero-order valence-corrected chi connectivity index (χ0v) is 22.2. The second kappa shape index (κ2) is 14.0. The summed E-state index contributed by atoms with van der Waals surface area (Å²) in [4.78, 5) is 15.2. The van der Waals surface area contributed by atoms with Gasteiger partial charge in [0.25, 0.3) is 0 Å². The van der Waals surface area contributed by atoms with Gasteiger partial charge < -0.3 is 19.7 Å². The van der Waals surface area contributed by atoms with E-state index >= 15 is 0 Å². The standard InChI is InChI=1S/C26H41NO5S2/c1-3-4-6-14-26(2,32-23-10-5-7-16-31-23)15-8-9-19-11-12-22(28)20(19)13-17-33-25-27-21(18-34-25)24(29)30/h8-9,18-20,22-23,28H,3-7,10-17H2,1-2H3,(H,29,30)/b9-8+/t19-,20-,22+,23?,26?/m1/s1. The molecule has 1 aliphatic heterocycles. The van der Waals surface area contributed by atoms with Gasteiger partial charge in [0.15, 0.2) is 16.3 Å². The van der Waals surface area contributed by atoms with Crippen LogP contribution in [0.15, 0.2) is 21.9 Å². The van der Waals surface area contributed by atoms with Crippen LogP contribution < -0.4 is 0 Å². The molecule has 2 N–H and O–H groups in total. The van der Waals surface area contributed by atoms with Gasteiger partial charge in [-0.15, -0.1) is 11.3 Å². The van der Waals surface area contributed by atoms with Crippen molar-refractivity contribution >= 4 is 29.1 Å². The number of carbonyl (C=O) groups is 1. The third-order valence-corrected chi connectivity index (χ3v) is 9.07. The van der Waals surface area contributed by atoms with Crippen LogP contribution in [0, 0.1) is 11.8 Å². The highest BCUT2D eigenvalue weighted by Crippen LogP contribution is 2.38. The maximum Gasteiger partial charge on any atom is 0.355 e. The molecular formula is C26H41NO5S2. The summed E-state index contributed by atoms with van der Waals surface area (Å²) in [6.45, 7) is 5.25. The second-order valence-electron chi connectivity index (χ2n) is 9.87. The van der Waals surface area contributed by atoms with Crippen LogP contribution in [0.5, 0.6) is 0 Å². The van der Waals surface area contributed by atoms with Gasteiger partial charge >= 0.3 is 5.97 Å². The first kappa shape index (κ1) is 27.7. The topological polar surface area (TPSA) is 88.9 Å². The summed E-state index contributed by atoms with van der Waals surface area (Å²) in [6, 6.07) is 0. The molecule has 6 nitrogen and oxygen atoms in total. The SMILES string of the molecule is CCCCCC(C)(C/C=C/[C@@H]1CC[C@H](O)[C@@H]1CCSc1nc(C(=O)O)cs1)OC1CCCCO1. The van der Waals surface area contributed by atoms with Gasteiger partial charge in [0.2, 0.25) is 0 Å². The number of carboxylic acid groups (broad SMARTS) is 1. The lowest BCUT2D eigenvalue weighted by Crippen LogP contribution is -2.36. The molecule has 5 atom stereocenters. The molecule has 8 heteroatoms. The fourth-order valence-corrected chi connectivity index (χ4v) is 6.91. The highest BCUT2D eigenvalue weighted by molar-refractivity contribution is 8.01. The lowest BCUT2D eigenvalue weighted by atomic mass is 9.89. The van der Waals surface area contributed by atoms with Gasteiger partial charge in [0, 0.05) is 17.7 Å². The molecule has 2 unspecified atom stereocenters. The van der Waals surface area contributed by atoms with Crippen LogP contribution in [0.2, 0.25) is 0 Å². The van der Waals surface area contributed by atoms with E-state index in [0.717, 1.165) is 68.1 Å². The zero-order valence-electron chi connectivity index (χ0n) is 20.6. The fraction of sp³-hybridized carbons (Fsp3) is 0.769. The smallest absolute Gasteiger partial charge is 0.355 e. The van der Waals surface area contributed by atoms with E-state index < -0.39 is 5.97 Å². The lowest BCUT2D eigenvalue weighted by Gasteiger charge is -2.35. The Hall–Kier alpha value is -0.930. The van der Waals surface area contributed by atoms with Crippen LogP contribution in [0.1, 0.15) is 95.0 Å². The van der Waals surface area contributed by atoms with Crippen LogP contribution in [-0.2, 0) is 9.47 Å². The van der Waals surface area contributed by atoms with Crippen molar-refractivity contribution in [1.29, 1.82) is 0 Å². The highest BCUT2D eigenvalue weighted by Gasteiger charge is 2.34. The number of hydrogen-bond acceptors (Lipinski definition) is 7. The number of allylic oxidation sites excluding steroid dienone is 1. The van der Waals surface area contributed by atoms with Crippen molar-refractivity contribution in [3.05, 3.63) is 23.2 Å². The van der Waals surface area contributed by atoms with E-state index in [1.165, 1.54) is 30.6 Å². The van der Waals surface area contributed by atoms with E-state index in [1.54, 1.807) is 17.1 Å². The van der Waals surface area contributed by atoms with E-state index in [4.69, 9.17) is 14.6 Å². The van der Waals surface area contributed by atoms with E-state index in [0.29, 0.717) is 5.92 Å². The number of unbranched alkanes of at least 4 members (excludes halogenated alkanes) is 2. The van der Waals surface area contributed by atoms with Crippen molar-refractivity contribution in [2.75, 3.05) is 12.4 Å². The van der Waals surface area contributed by atoms with Gasteiger partial charge in [0.05, 0.1) is 11.7 Å². The van der Waals surface area contributed by atoms with Crippen molar-refractivity contribution in [3.8, 4) is 0 Å². The Labute approximate surface area is 212 Å². The van der Waals surface area contributed by atoms with E-state index in [-0.39, 0.29) is 29.6 Å². The van der Waals surface area contributed by atoms with Gasteiger partial charge in [-0.05, 0) is 70.1 Å². The molecule has 1 aromatic heterocycles. The van der Waals surface area contributed by atoms with Crippen LogP contribution in [-0.4, -0.2) is 51.5 Å². The van der Waals surface area contributed by atoms with Gasteiger partial charge in [-0.1, -0.05) is 50.1 Å². The molecule has 0 spiro atoms. The third kappa shape index (κ3) is 8.63. The van der Waals surface area contributed by atoms with E-state index in [2.05, 4.69) is 31.0 Å². The molecule has 34 heavy (non-hydrogen) atoms. The second-order valence-corrected chi connectivity index (χ2v) is 12.1. The van der Waals surface area contributed by atoms with E-state index in [9.17, 15) is 9.90 Å². The third-order valence-electron chi connectivity index (χ3n) is 7.01. The van der Waals surface area contributed by atoms with Crippen molar-refractivity contribution in [2.24, 2.45) is 11.8 Å². The quantitative estimate of drug-likeness (QED) is 0.166.